The third kappa shape index (κ3) is 2.42. The minimum atomic E-state index is -0.337. The van der Waals surface area contributed by atoms with Gasteiger partial charge in [0.1, 0.15) is 6.54 Å². The van der Waals surface area contributed by atoms with E-state index < -0.39 is 0 Å². The summed E-state index contributed by atoms with van der Waals surface area (Å²) in [6, 6.07) is 15.4. The van der Waals surface area contributed by atoms with Crippen LogP contribution in [-0.4, -0.2) is 31.0 Å². The van der Waals surface area contributed by atoms with Gasteiger partial charge in [0.25, 0.3) is 0 Å². The number of carbonyl (C=O) groups is 2. The standard InChI is InChI=1S/C19H18N2O3/c1-13-10-14-6-2-3-7-15(14)21(13)18(22)11-20-12-19(23)24-17-9-5-4-8-16(17)20/h2-9,13H,10-12H2,1H3. The zero-order chi connectivity index (χ0) is 16.7. The van der Waals surface area contributed by atoms with Crippen LogP contribution in [0.5, 0.6) is 5.75 Å². The predicted octanol–water partition coefficient (Wildman–Crippen LogP) is 2.39. The molecule has 0 aromatic heterocycles. The van der Waals surface area contributed by atoms with E-state index in [9.17, 15) is 9.59 Å². The molecule has 1 unspecified atom stereocenters. The largest absolute Gasteiger partial charge is 0.423 e. The zero-order valence-corrected chi connectivity index (χ0v) is 13.4. The van der Waals surface area contributed by atoms with Gasteiger partial charge in [0, 0.05) is 11.7 Å². The molecule has 0 saturated carbocycles. The van der Waals surface area contributed by atoms with E-state index in [1.54, 1.807) is 11.0 Å². The highest BCUT2D eigenvalue weighted by atomic mass is 16.5. The smallest absolute Gasteiger partial charge is 0.331 e. The summed E-state index contributed by atoms with van der Waals surface area (Å²) in [6.45, 7) is 2.30. The lowest BCUT2D eigenvalue weighted by Crippen LogP contribution is -2.46. The highest BCUT2D eigenvalue weighted by molar-refractivity contribution is 6.00. The summed E-state index contributed by atoms with van der Waals surface area (Å²) in [5.74, 6) is 0.171. The number of esters is 1. The highest BCUT2D eigenvalue weighted by Crippen LogP contribution is 2.34. The van der Waals surface area contributed by atoms with Crippen LogP contribution in [0.15, 0.2) is 48.5 Å². The highest BCUT2D eigenvalue weighted by Gasteiger charge is 2.33. The molecule has 0 aliphatic carbocycles. The van der Waals surface area contributed by atoms with Gasteiger partial charge < -0.3 is 14.5 Å². The lowest BCUT2D eigenvalue weighted by atomic mass is 10.1. The Morgan fingerprint density at radius 2 is 1.83 bits per heavy atom. The average Bonchev–Trinajstić information content (AvgIpc) is 2.90. The molecule has 5 nitrogen and oxygen atoms in total. The van der Waals surface area contributed by atoms with E-state index in [4.69, 9.17) is 4.74 Å². The molecule has 0 N–H and O–H groups in total. The fraction of sp³-hybridized carbons (Fsp3) is 0.263. The molecule has 2 aromatic carbocycles. The summed E-state index contributed by atoms with van der Waals surface area (Å²) in [6.07, 6.45) is 0.862. The quantitative estimate of drug-likeness (QED) is 0.629. The molecule has 0 spiro atoms. The Balaban J connectivity index is 1.60. The maximum atomic E-state index is 12.9. The van der Waals surface area contributed by atoms with Gasteiger partial charge in [0.2, 0.25) is 5.91 Å². The number of fused-ring (bicyclic) bond motifs is 2. The Labute approximate surface area is 140 Å². The lowest BCUT2D eigenvalue weighted by Gasteiger charge is -2.31. The molecule has 2 aromatic rings. The van der Waals surface area contributed by atoms with E-state index in [2.05, 4.69) is 13.0 Å². The van der Waals surface area contributed by atoms with Crippen molar-refractivity contribution >= 4 is 23.3 Å². The van der Waals surface area contributed by atoms with Gasteiger partial charge >= 0.3 is 5.97 Å². The Bertz CT molecular complexity index is 818. The molecule has 0 radical (unpaired) electrons. The number of hydrogen-bond donors (Lipinski definition) is 0. The third-order valence-corrected chi connectivity index (χ3v) is 4.55. The van der Waals surface area contributed by atoms with Crippen molar-refractivity contribution < 1.29 is 14.3 Å². The van der Waals surface area contributed by atoms with Crippen molar-refractivity contribution in [2.45, 2.75) is 19.4 Å². The van der Waals surface area contributed by atoms with Crippen LogP contribution in [0.1, 0.15) is 12.5 Å². The van der Waals surface area contributed by atoms with Crippen molar-refractivity contribution in [1.82, 2.24) is 0 Å². The van der Waals surface area contributed by atoms with Crippen LogP contribution in [-0.2, 0) is 16.0 Å². The summed E-state index contributed by atoms with van der Waals surface area (Å²) >= 11 is 0. The van der Waals surface area contributed by atoms with Crippen LogP contribution in [0, 0.1) is 0 Å². The minimum Gasteiger partial charge on any atom is -0.423 e. The number of carbonyl (C=O) groups excluding carboxylic acids is 2. The number of anilines is 2. The maximum Gasteiger partial charge on any atom is 0.331 e. The van der Waals surface area contributed by atoms with Gasteiger partial charge in [0.05, 0.1) is 12.2 Å². The second-order valence-electron chi connectivity index (χ2n) is 6.24. The Hall–Kier alpha value is -2.82. The van der Waals surface area contributed by atoms with Gasteiger partial charge in [-0.2, -0.15) is 0 Å². The second-order valence-corrected chi connectivity index (χ2v) is 6.24. The van der Waals surface area contributed by atoms with Crippen LogP contribution in [0.2, 0.25) is 0 Å². The van der Waals surface area contributed by atoms with E-state index in [1.165, 1.54) is 5.56 Å². The molecule has 122 valence electrons. The molecule has 5 heteroatoms. The van der Waals surface area contributed by atoms with Gasteiger partial charge in [-0.25, -0.2) is 4.79 Å². The summed E-state index contributed by atoms with van der Waals surface area (Å²) in [7, 11) is 0. The number of benzene rings is 2. The summed E-state index contributed by atoms with van der Waals surface area (Å²) in [5, 5.41) is 0. The van der Waals surface area contributed by atoms with E-state index in [-0.39, 0.29) is 31.0 Å². The Kier molecular flexibility index (Phi) is 3.49. The molecule has 4 rings (SSSR count). The number of rotatable bonds is 2. The molecular weight excluding hydrogens is 304 g/mol. The first-order chi connectivity index (χ1) is 11.6. The Morgan fingerprint density at radius 1 is 1.12 bits per heavy atom. The zero-order valence-electron chi connectivity index (χ0n) is 13.4. The molecular formula is C19H18N2O3. The van der Waals surface area contributed by atoms with Crippen molar-refractivity contribution in [3.63, 3.8) is 0 Å². The molecule has 1 amide bonds. The molecule has 1 atom stereocenters. The molecule has 0 saturated heterocycles. The average molecular weight is 322 g/mol. The van der Waals surface area contributed by atoms with Crippen LogP contribution >= 0.6 is 0 Å². The number of hydrogen-bond acceptors (Lipinski definition) is 4. The van der Waals surface area contributed by atoms with E-state index >= 15 is 0 Å². The SMILES string of the molecule is CC1Cc2ccccc2N1C(=O)CN1CC(=O)Oc2ccccc21. The molecule has 24 heavy (non-hydrogen) atoms. The summed E-state index contributed by atoms with van der Waals surface area (Å²) in [4.78, 5) is 28.4. The summed E-state index contributed by atoms with van der Waals surface area (Å²) in [5.41, 5.74) is 2.95. The van der Waals surface area contributed by atoms with Crippen LogP contribution < -0.4 is 14.5 Å². The first-order valence-electron chi connectivity index (χ1n) is 8.08. The number of ether oxygens (including phenoxy) is 1. The second kappa shape index (κ2) is 5.67. The van der Waals surface area contributed by atoms with Gasteiger partial charge in [-0.3, -0.25) is 4.79 Å². The van der Waals surface area contributed by atoms with E-state index in [1.807, 2.05) is 41.3 Å². The number of amides is 1. The van der Waals surface area contributed by atoms with Crippen molar-refractivity contribution in [2.24, 2.45) is 0 Å². The number of para-hydroxylation sites is 3. The minimum absolute atomic E-state index is 0.00282. The maximum absolute atomic E-state index is 12.9. The predicted molar refractivity (Wildman–Crippen MR) is 91.4 cm³/mol. The molecule has 2 heterocycles. The van der Waals surface area contributed by atoms with Crippen molar-refractivity contribution in [3.8, 4) is 5.75 Å². The van der Waals surface area contributed by atoms with Crippen molar-refractivity contribution in [3.05, 3.63) is 54.1 Å². The fourth-order valence-electron chi connectivity index (χ4n) is 3.53. The molecule has 0 bridgehead atoms. The van der Waals surface area contributed by atoms with Gasteiger partial charge in [-0.05, 0) is 37.1 Å². The Morgan fingerprint density at radius 3 is 2.67 bits per heavy atom. The lowest BCUT2D eigenvalue weighted by molar-refractivity contribution is -0.133. The fourth-order valence-corrected chi connectivity index (χ4v) is 3.53. The van der Waals surface area contributed by atoms with Gasteiger partial charge in [0.15, 0.2) is 5.75 Å². The van der Waals surface area contributed by atoms with Crippen LogP contribution in [0.25, 0.3) is 0 Å². The van der Waals surface area contributed by atoms with Crippen LogP contribution in [0.4, 0.5) is 11.4 Å². The molecule has 2 aliphatic rings. The van der Waals surface area contributed by atoms with Gasteiger partial charge in [-0.15, -0.1) is 0 Å². The van der Waals surface area contributed by atoms with Crippen LogP contribution in [0.3, 0.4) is 0 Å². The summed E-state index contributed by atoms with van der Waals surface area (Å²) < 4.78 is 5.24. The monoisotopic (exact) mass is 322 g/mol. The van der Waals surface area contributed by atoms with Gasteiger partial charge in [-0.1, -0.05) is 30.3 Å². The number of nitrogens with zero attached hydrogens (tertiary/aromatic N) is 2. The van der Waals surface area contributed by atoms with Crippen molar-refractivity contribution in [1.29, 1.82) is 0 Å². The first kappa shape index (κ1) is 14.8. The normalized spacial score (nSPS) is 18.9. The molecule has 2 aliphatic heterocycles. The van der Waals surface area contributed by atoms with Crippen molar-refractivity contribution in [2.75, 3.05) is 22.9 Å². The molecule has 0 fully saturated rings. The van der Waals surface area contributed by atoms with E-state index in [0.717, 1.165) is 17.8 Å². The van der Waals surface area contributed by atoms with E-state index in [0.29, 0.717) is 5.75 Å². The topological polar surface area (TPSA) is 49.9 Å². The first-order valence-corrected chi connectivity index (χ1v) is 8.08. The third-order valence-electron chi connectivity index (χ3n) is 4.55.